The predicted molar refractivity (Wildman–Crippen MR) is 138 cm³/mol. The second-order valence-corrected chi connectivity index (χ2v) is 8.52. The van der Waals surface area contributed by atoms with Gasteiger partial charge in [0.15, 0.2) is 5.11 Å². The zero-order valence-electron chi connectivity index (χ0n) is 18.8. The van der Waals surface area contributed by atoms with E-state index >= 15 is 0 Å². The molecular formula is C25H33ClN4S. The standard InChI is InChI=1S/C25H33ClN4S/c1-4-28(5-2)15-10-16-30(25(31)27-22-12-9-11-21(26)17-22)19-20-18-29(6-3)24-14-8-7-13-23(20)24/h7-9,11-14,17-18H,4-6,10,15-16,19H2,1-3H3,(H,27,31). The van der Waals surface area contributed by atoms with Crippen LogP contribution in [0.5, 0.6) is 0 Å². The quantitative estimate of drug-likeness (QED) is 0.364. The maximum absolute atomic E-state index is 6.17. The molecule has 0 atom stereocenters. The third-order valence-electron chi connectivity index (χ3n) is 5.73. The minimum absolute atomic E-state index is 0.701. The van der Waals surface area contributed by atoms with Crippen LogP contribution >= 0.6 is 23.8 Å². The monoisotopic (exact) mass is 456 g/mol. The van der Waals surface area contributed by atoms with Crippen LogP contribution in [0.1, 0.15) is 32.8 Å². The summed E-state index contributed by atoms with van der Waals surface area (Å²) in [6.07, 6.45) is 3.33. The number of nitrogens with one attached hydrogen (secondary N) is 1. The highest BCUT2D eigenvalue weighted by molar-refractivity contribution is 7.80. The summed E-state index contributed by atoms with van der Waals surface area (Å²) in [4.78, 5) is 4.73. The van der Waals surface area contributed by atoms with Crippen LogP contribution in [0.2, 0.25) is 5.02 Å². The normalized spacial score (nSPS) is 11.3. The van der Waals surface area contributed by atoms with Crippen molar-refractivity contribution in [2.24, 2.45) is 0 Å². The first kappa shape index (κ1) is 23.6. The number of rotatable bonds is 10. The lowest BCUT2D eigenvalue weighted by Gasteiger charge is -2.27. The maximum Gasteiger partial charge on any atom is 0.173 e. The molecule has 166 valence electrons. The molecule has 0 fully saturated rings. The van der Waals surface area contributed by atoms with Gasteiger partial charge in [-0.05, 0) is 75.0 Å². The first-order chi connectivity index (χ1) is 15.0. The molecule has 1 N–H and O–H groups in total. The van der Waals surface area contributed by atoms with E-state index in [0.29, 0.717) is 5.02 Å². The van der Waals surface area contributed by atoms with E-state index < -0.39 is 0 Å². The lowest BCUT2D eigenvalue weighted by molar-refractivity contribution is 0.281. The van der Waals surface area contributed by atoms with Gasteiger partial charge in [0.1, 0.15) is 0 Å². The fraction of sp³-hybridized carbons (Fsp3) is 0.400. The third kappa shape index (κ3) is 6.22. The van der Waals surface area contributed by atoms with E-state index in [1.165, 1.54) is 16.5 Å². The Morgan fingerprint density at radius 3 is 2.52 bits per heavy atom. The SMILES string of the molecule is CCN(CC)CCCN(Cc1cn(CC)c2ccccc12)C(=S)Nc1cccc(Cl)c1. The number of thiocarbonyl (C=S) groups is 1. The Morgan fingerprint density at radius 1 is 1.03 bits per heavy atom. The van der Waals surface area contributed by atoms with Crippen molar-refractivity contribution in [3.8, 4) is 0 Å². The van der Waals surface area contributed by atoms with Gasteiger partial charge in [-0.15, -0.1) is 0 Å². The number of hydrogen-bond donors (Lipinski definition) is 1. The number of para-hydroxylation sites is 1. The Balaban J connectivity index is 1.80. The maximum atomic E-state index is 6.17. The topological polar surface area (TPSA) is 23.4 Å². The molecular weight excluding hydrogens is 424 g/mol. The summed E-state index contributed by atoms with van der Waals surface area (Å²) in [5.41, 5.74) is 3.49. The number of aromatic nitrogens is 1. The van der Waals surface area contributed by atoms with Crippen molar-refractivity contribution in [1.82, 2.24) is 14.4 Å². The molecule has 0 radical (unpaired) electrons. The largest absolute Gasteiger partial charge is 0.347 e. The number of nitrogens with zero attached hydrogens (tertiary/aromatic N) is 3. The highest BCUT2D eigenvalue weighted by Crippen LogP contribution is 2.23. The summed E-state index contributed by atoms with van der Waals surface area (Å²) in [7, 11) is 0. The van der Waals surface area contributed by atoms with Gasteiger partial charge >= 0.3 is 0 Å². The van der Waals surface area contributed by atoms with Crippen LogP contribution in [0.15, 0.2) is 54.7 Å². The van der Waals surface area contributed by atoms with Crippen molar-refractivity contribution < 1.29 is 0 Å². The summed E-state index contributed by atoms with van der Waals surface area (Å²) in [6, 6.07) is 16.3. The molecule has 0 bridgehead atoms. The second kappa shape index (κ2) is 11.5. The van der Waals surface area contributed by atoms with E-state index in [4.69, 9.17) is 23.8 Å². The van der Waals surface area contributed by atoms with Gasteiger partial charge in [0.25, 0.3) is 0 Å². The zero-order valence-corrected chi connectivity index (χ0v) is 20.3. The summed E-state index contributed by atoms with van der Waals surface area (Å²) >= 11 is 12.0. The molecule has 2 aromatic carbocycles. The summed E-state index contributed by atoms with van der Waals surface area (Å²) in [5, 5.41) is 6.12. The van der Waals surface area contributed by atoms with Crippen LogP contribution in [0.4, 0.5) is 5.69 Å². The Hall–Kier alpha value is -2.08. The Morgan fingerprint density at radius 2 is 1.81 bits per heavy atom. The minimum Gasteiger partial charge on any atom is -0.347 e. The van der Waals surface area contributed by atoms with Gasteiger partial charge in [-0.2, -0.15) is 0 Å². The summed E-state index contributed by atoms with van der Waals surface area (Å²) in [6.45, 7) is 12.5. The Kier molecular flexibility index (Phi) is 8.76. The molecule has 0 aliphatic carbocycles. The van der Waals surface area contributed by atoms with E-state index in [9.17, 15) is 0 Å². The first-order valence-electron chi connectivity index (χ1n) is 11.2. The first-order valence-corrected chi connectivity index (χ1v) is 11.9. The fourth-order valence-electron chi connectivity index (χ4n) is 3.96. The van der Waals surface area contributed by atoms with Gasteiger partial charge in [-0.1, -0.05) is 49.7 Å². The molecule has 0 saturated heterocycles. The lowest BCUT2D eigenvalue weighted by Crippen LogP contribution is -2.36. The summed E-state index contributed by atoms with van der Waals surface area (Å²) in [5.74, 6) is 0. The molecule has 1 aromatic heterocycles. The molecule has 31 heavy (non-hydrogen) atoms. The molecule has 0 unspecified atom stereocenters. The third-order valence-corrected chi connectivity index (χ3v) is 6.33. The molecule has 3 aromatic rings. The average Bonchev–Trinajstić information content (AvgIpc) is 3.13. The molecule has 0 spiro atoms. The number of anilines is 1. The van der Waals surface area contributed by atoms with Crippen LogP contribution < -0.4 is 5.32 Å². The highest BCUT2D eigenvalue weighted by atomic mass is 35.5. The number of benzene rings is 2. The average molecular weight is 457 g/mol. The Labute approximate surface area is 196 Å². The Bertz CT molecular complexity index is 996. The van der Waals surface area contributed by atoms with Crippen LogP contribution in [-0.4, -0.2) is 45.7 Å². The van der Waals surface area contributed by atoms with E-state index in [-0.39, 0.29) is 0 Å². The van der Waals surface area contributed by atoms with Crippen molar-refractivity contribution in [3.63, 3.8) is 0 Å². The minimum atomic E-state index is 0.701. The number of hydrogen-bond acceptors (Lipinski definition) is 2. The zero-order chi connectivity index (χ0) is 22.2. The molecule has 0 aliphatic rings. The highest BCUT2D eigenvalue weighted by Gasteiger charge is 2.15. The van der Waals surface area contributed by atoms with Crippen molar-refractivity contribution in [2.75, 3.05) is 31.5 Å². The molecule has 0 saturated carbocycles. The number of halogens is 1. The predicted octanol–water partition coefficient (Wildman–Crippen LogP) is 6.25. The van der Waals surface area contributed by atoms with Crippen LogP contribution in [0.25, 0.3) is 10.9 Å². The number of fused-ring (bicyclic) bond motifs is 1. The van der Waals surface area contributed by atoms with Crippen molar-refractivity contribution >= 4 is 45.5 Å². The van der Waals surface area contributed by atoms with Crippen LogP contribution in [0.3, 0.4) is 0 Å². The molecule has 0 aliphatic heterocycles. The second-order valence-electron chi connectivity index (χ2n) is 7.70. The fourth-order valence-corrected chi connectivity index (χ4v) is 4.43. The van der Waals surface area contributed by atoms with Gasteiger partial charge in [0.2, 0.25) is 0 Å². The van der Waals surface area contributed by atoms with Crippen LogP contribution in [0, 0.1) is 0 Å². The van der Waals surface area contributed by atoms with E-state index in [1.54, 1.807) is 0 Å². The lowest BCUT2D eigenvalue weighted by atomic mass is 10.1. The molecule has 3 rings (SSSR count). The van der Waals surface area contributed by atoms with Gasteiger partial charge in [-0.25, -0.2) is 0 Å². The van der Waals surface area contributed by atoms with E-state index in [0.717, 1.165) is 56.5 Å². The van der Waals surface area contributed by atoms with Gasteiger partial charge < -0.3 is 19.7 Å². The molecule has 1 heterocycles. The molecule has 0 amide bonds. The van der Waals surface area contributed by atoms with Gasteiger partial charge in [-0.3, -0.25) is 0 Å². The molecule has 4 nitrogen and oxygen atoms in total. The van der Waals surface area contributed by atoms with E-state index in [1.807, 2.05) is 24.3 Å². The van der Waals surface area contributed by atoms with Crippen molar-refractivity contribution in [1.29, 1.82) is 0 Å². The van der Waals surface area contributed by atoms with Gasteiger partial charge in [0, 0.05) is 47.4 Å². The van der Waals surface area contributed by atoms with Crippen molar-refractivity contribution in [3.05, 3.63) is 65.3 Å². The van der Waals surface area contributed by atoms with Crippen LogP contribution in [-0.2, 0) is 13.1 Å². The van der Waals surface area contributed by atoms with E-state index in [2.05, 4.69) is 70.9 Å². The summed E-state index contributed by atoms with van der Waals surface area (Å²) < 4.78 is 2.31. The van der Waals surface area contributed by atoms with Gasteiger partial charge in [0.05, 0.1) is 0 Å². The molecule has 6 heteroatoms. The smallest absolute Gasteiger partial charge is 0.173 e. The number of aryl methyl sites for hydroxylation is 1. The van der Waals surface area contributed by atoms with Crippen molar-refractivity contribution in [2.45, 2.75) is 40.3 Å².